The third-order valence-corrected chi connectivity index (χ3v) is 4.67. The summed E-state index contributed by atoms with van der Waals surface area (Å²) in [7, 11) is 1.55. The molecule has 0 aromatic heterocycles. The molecule has 0 spiro atoms. The molecule has 0 saturated carbocycles. The van der Waals surface area contributed by atoms with Crippen molar-refractivity contribution in [3.63, 3.8) is 0 Å². The Kier molecular flexibility index (Phi) is 6.65. The molecule has 2 aromatic carbocycles. The molecular weight excluding hydrogens is 366 g/mol. The number of rotatable bonds is 5. The van der Waals surface area contributed by atoms with Crippen LogP contribution >= 0.6 is 0 Å². The molecule has 6 nitrogen and oxygen atoms in total. The Morgan fingerprint density at radius 2 is 1.79 bits per heavy atom. The van der Waals surface area contributed by atoms with E-state index in [1.54, 1.807) is 51.3 Å². The molecule has 2 amide bonds. The summed E-state index contributed by atoms with van der Waals surface area (Å²) in [4.78, 5) is 26.3. The van der Waals surface area contributed by atoms with Crippen molar-refractivity contribution in [2.24, 2.45) is 0 Å². The maximum absolute atomic E-state index is 13.2. The number of benzene rings is 2. The third-order valence-electron chi connectivity index (χ3n) is 4.67. The lowest BCUT2D eigenvalue weighted by molar-refractivity contribution is 0.0424. The molecule has 0 aliphatic rings. The Morgan fingerprint density at radius 3 is 2.31 bits per heavy atom. The normalized spacial score (nSPS) is 10.8. The number of carbonyl (C=O) groups is 2. The molecule has 2 aromatic rings. The number of nitrogens with zero attached hydrogens (tertiary/aromatic N) is 2. The summed E-state index contributed by atoms with van der Waals surface area (Å²) < 4.78 is 5.35. The number of hydrogen-bond acceptors (Lipinski definition) is 4. The van der Waals surface area contributed by atoms with Crippen LogP contribution in [0.1, 0.15) is 58.2 Å². The summed E-state index contributed by atoms with van der Waals surface area (Å²) >= 11 is 0. The first-order chi connectivity index (χ1) is 13.6. The van der Waals surface area contributed by atoms with Crippen LogP contribution in [0.3, 0.4) is 0 Å². The van der Waals surface area contributed by atoms with Crippen LogP contribution in [0, 0.1) is 25.2 Å². The van der Waals surface area contributed by atoms with Crippen molar-refractivity contribution in [1.29, 1.82) is 5.26 Å². The molecule has 1 N–H and O–H groups in total. The third kappa shape index (κ3) is 4.75. The minimum absolute atomic E-state index is 0.402. The highest BCUT2D eigenvalue weighted by atomic mass is 16.5. The van der Waals surface area contributed by atoms with Crippen LogP contribution in [0.5, 0.6) is 5.75 Å². The Balaban J connectivity index is 2.46. The van der Waals surface area contributed by atoms with Gasteiger partial charge in [0.25, 0.3) is 11.8 Å². The van der Waals surface area contributed by atoms with Crippen molar-refractivity contribution in [2.45, 2.75) is 46.6 Å². The van der Waals surface area contributed by atoms with Gasteiger partial charge in [-0.25, -0.2) is 5.01 Å². The first-order valence-electron chi connectivity index (χ1n) is 9.45. The molecule has 0 heterocycles. The fraction of sp³-hybridized carbons (Fsp3) is 0.348. The van der Waals surface area contributed by atoms with Gasteiger partial charge in [-0.05, 0) is 58.4 Å². The van der Waals surface area contributed by atoms with Gasteiger partial charge < -0.3 is 4.74 Å². The van der Waals surface area contributed by atoms with Crippen LogP contribution in [-0.2, 0) is 6.42 Å². The van der Waals surface area contributed by atoms with Gasteiger partial charge in [-0.1, -0.05) is 30.2 Å². The van der Waals surface area contributed by atoms with Crippen LogP contribution in [0.2, 0.25) is 0 Å². The molecule has 0 bridgehead atoms. The quantitative estimate of drug-likeness (QED) is 0.780. The van der Waals surface area contributed by atoms with Crippen molar-refractivity contribution >= 4 is 11.8 Å². The van der Waals surface area contributed by atoms with Gasteiger partial charge >= 0.3 is 0 Å². The van der Waals surface area contributed by atoms with Gasteiger partial charge in [0, 0.05) is 16.7 Å². The van der Waals surface area contributed by atoms with Crippen molar-refractivity contribution < 1.29 is 14.3 Å². The zero-order valence-electron chi connectivity index (χ0n) is 17.8. The van der Waals surface area contributed by atoms with Gasteiger partial charge in [0.15, 0.2) is 0 Å². The van der Waals surface area contributed by atoms with Crippen molar-refractivity contribution in [1.82, 2.24) is 10.4 Å². The minimum Gasteiger partial charge on any atom is -0.496 e. The number of methoxy groups -OCH3 is 1. The van der Waals surface area contributed by atoms with Gasteiger partial charge in [-0.3, -0.25) is 15.0 Å². The number of hydrazine groups is 1. The van der Waals surface area contributed by atoms with E-state index in [1.165, 1.54) is 0 Å². The van der Waals surface area contributed by atoms with E-state index in [0.29, 0.717) is 23.3 Å². The summed E-state index contributed by atoms with van der Waals surface area (Å²) in [6, 6.07) is 12.7. The van der Waals surface area contributed by atoms with Crippen molar-refractivity contribution in [3.05, 3.63) is 64.2 Å². The monoisotopic (exact) mass is 393 g/mol. The summed E-state index contributed by atoms with van der Waals surface area (Å²) in [5.41, 5.74) is 4.80. The van der Waals surface area contributed by atoms with E-state index < -0.39 is 17.4 Å². The highest BCUT2D eigenvalue weighted by Crippen LogP contribution is 2.24. The zero-order chi connectivity index (χ0) is 21.8. The lowest BCUT2D eigenvalue weighted by atomic mass is 10.0. The predicted octanol–water partition coefficient (Wildman–Crippen LogP) is 3.96. The lowest BCUT2D eigenvalue weighted by Crippen LogP contribution is -2.56. The first-order valence-corrected chi connectivity index (χ1v) is 9.45. The largest absolute Gasteiger partial charge is 0.496 e. The molecule has 0 atom stereocenters. The Morgan fingerprint density at radius 1 is 1.17 bits per heavy atom. The van der Waals surface area contributed by atoms with Gasteiger partial charge in [0.05, 0.1) is 13.2 Å². The Hall–Kier alpha value is -3.33. The van der Waals surface area contributed by atoms with E-state index in [2.05, 4.69) is 11.5 Å². The molecule has 0 saturated heterocycles. The molecule has 0 aliphatic heterocycles. The van der Waals surface area contributed by atoms with Crippen LogP contribution in [0.15, 0.2) is 36.4 Å². The minimum atomic E-state index is -1.25. The fourth-order valence-corrected chi connectivity index (χ4v) is 3.22. The summed E-state index contributed by atoms with van der Waals surface area (Å²) in [5, 5.41) is 10.7. The van der Waals surface area contributed by atoms with Crippen molar-refractivity contribution in [2.75, 3.05) is 7.11 Å². The number of amides is 2. The fourth-order valence-electron chi connectivity index (χ4n) is 3.22. The van der Waals surface area contributed by atoms with Crippen LogP contribution < -0.4 is 10.2 Å². The average molecular weight is 393 g/mol. The molecule has 0 unspecified atom stereocenters. The van der Waals surface area contributed by atoms with Crippen LogP contribution in [0.4, 0.5) is 0 Å². The number of aryl methyl sites for hydroxylation is 2. The molecule has 0 fully saturated rings. The SMILES string of the molecule is CCc1c(OC)cccc1C(=O)NN(C(=O)c1cc(C)cc(C)c1)C(C)(C)C#N. The number of carbonyl (C=O) groups excluding carboxylic acids is 2. The van der Waals surface area contributed by atoms with Gasteiger partial charge in [-0.15, -0.1) is 0 Å². The molecule has 0 radical (unpaired) electrons. The predicted molar refractivity (Wildman–Crippen MR) is 112 cm³/mol. The van der Waals surface area contributed by atoms with Gasteiger partial charge in [-0.2, -0.15) is 5.26 Å². The average Bonchev–Trinajstić information content (AvgIpc) is 2.69. The Bertz CT molecular complexity index is 954. The van der Waals surface area contributed by atoms with Crippen LogP contribution in [0.25, 0.3) is 0 Å². The summed E-state index contributed by atoms with van der Waals surface area (Å²) in [6.45, 7) is 8.88. The van der Waals surface area contributed by atoms with E-state index in [0.717, 1.165) is 21.7 Å². The second-order valence-corrected chi connectivity index (χ2v) is 7.47. The first kappa shape index (κ1) is 22.0. The molecule has 2 rings (SSSR count). The van der Waals surface area contributed by atoms with E-state index in [-0.39, 0.29) is 0 Å². The van der Waals surface area contributed by atoms with Gasteiger partial charge in [0.2, 0.25) is 0 Å². The lowest BCUT2D eigenvalue weighted by Gasteiger charge is -2.33. The maximum atomic E-state index is 13.2. The van der Waals surface area contributed by atoms with E-state index >= 15 is 0 Å². The molecule has 29 heavy (non-hydrogen) atoms. The smallest absolute Gasteiger partial charge is 0.273 e. The second kappa shape index (κ2) is 8.78. The highest BCUT2D eigenvalue weighted by molar-refractivity contribution is 6.00. The summed E-state index contributed by atoms with van der Waals surface area (Å²) in [5.74, 6) is -0.314. The number of nitriles is 1. The van der Waals surface area contributed by atoms with E-state index in [4.69, 9.17) is 4.74 Å². The molecule has 152 valence electrons. The Labute approximate surface area is 172 Å². The molecular formula is C23H27N3O3. The summed E-state index contributed by atoms with van der Waals surface area (Å²) in [6.07, 6.45) is 0.583. The maximum Gasteiger partial charge on any atom is 0.273 e. The van der Waals surface area contributed by atoms with E-state index in [1.807, 2.05) is 26.8 Å². The second-order valence-electron chi connectivity index (χ2n) is 7.47. The topological polar surface area (TPSA) is 82.4 Å². The zero-order valence-corrected chi connectivity index (χ0v) is 17.8. The van der Waals surface area contributed by atoms with Gasteiger partial charge in [0.1, 0.15) is 11.3 Å². The molecule has 6 heteroatoms. The van der Waals surface area contributed by atoms with E-state index in [9.17, 15) is 14.9 Å². The number of ether oxygens (including phenoxy) is 1. The highest BCUT2D eigenvalue weighted by Gasteiger charge is 2.34. The van der Waals surface area contributed by atoms with Crippen molar-refractivity contribution in [3.8, 4) is 11.8 Å². The molecule has 0 aliphatic carbocycles. The number of hydrogen-bond donors (Lipinski definition) is 1. The number of nitrogens with one attached hydrogen (secondary N) is 1. The standard InChI is InChI=1S/C23H27N3O3/c1-7-18-19(9-8-10-20(18)29-6)21(27)25-26(23(4,5)14-24)22(28)17-12-15(2)11-16(3)13-17/h8-13H,7H2,1-6H3,(H,25,27). The van der Waals surface area contributed by atoms with Crippen LogP contribution in [-0.4, -0.2) is 29.5 Å².